The number of hydrogen-bond donors (Lipinski definition) is 1. The Morgan fingerprint density at radius 2 is 1.20 bits per heavy atom. The smallest absolute Gasteiger partial charge is 0.330 e. The van der Waals surface area contributed by atoms with Crippen LogP contribution in [0.1, 0.15) is 53.2 Å². The fourth-order valence-electron chi connectivity index (χ4n) is 6.00. The number of nitrogens with zero attached hydrogens (tertiary/aromatic N) is 1. The highest BCUT2D eigenvalue weighted by Crippen LogP contribution is 2.58. The Balaban J connectivity index is 1.76. The van der Waals surface area contributed by atoms with Crippen LogP contribution in [0.2, 0.25) is 0 Å². The van der Waals surface area contributed by atoms with Crippen LogP contribution in [-0.4, -0.2) is 54.5 Å². The number of Topliss-reactive ketones (excluding diaryl/α,β-unsaturated/α-hetero) is 1. The van der Waals surface area contributed by atoms with Gasteiger partial charge in [0.15, 0.2) is 5.78 Å². The van der Waals surface area contributed by atoms with Crippen molar-refractivity contribution in [3.63, 3.8) is 0 Å². The molecule has 1 heterocycles. The predicted molar refractivity (Wildman–Crippen MR) is 148 cm³/mol. The molecule has 1 aliphatic heterocycles. The second-order valence-corrected chi connectivity index (χ2v) is 10.5. The third-order valence-electron chi connectivity index (χ3n) is 8.29. The van der Waals surface area contributed by atoms with Crippen LogP contribution < -0.4 is 14.2 Å². The van der Waals surface area contributed by atoms with Gasteiger partial charge in [-0.05, 0) is 79.4 Å². The lowest BCUT2D eigenvalue weighted by molar-refractivity contribution is -0.158. The van der Waals surface area contributed by atoms with Gasteiger partial charge < -0.3 is 24.2 Å². The van der Waals surface area contributed by atoms with Crippen LogP contribution in [0.4, 0.5) is 0 Å². The minimum absolute atomic E-state index is 0.241. The maximum absolute atomic E-state index is 14.5. The normalized spacial score (nSPS) is 23.9. The molecule has 3 aromatic carbocycles. The Morgan fingerprint density at radius 3 is 1.62 bits per heavy atom. The lowest BCUT2D eigenvalue weighted by atomic mass is 9.71. The third kappa shape index (κ3) is 4.57. The number of carbonyl (C=O) groups excluding carboxylic acids is 2. The van der Waals surface area contributed by atoms with Crippen molar-refractivity contribution in [3.8, 4) is 17.2 Å². The molecule has 4 unspecified atom stereocenters. The number of likely N-dealkylation sites (tertiary alicyclic amines) is 1. The number of rotatable bonds is 9. The summed E-state index contributed by atoms with van der Waals surface area (Å²) in [5, 5.41) is 10.8. The van der Waals surface area contributed by atoms with Crippen LogP contribution in [0.25, 0.3) is 0 Å². The van der Waals surface area contributed by atoms with Crippen molar-refractivity contribution in [2.75, 3.05) is 21.3 Å². The zero-order valence-corrected chi connectivity index (χ0v) is 23.0. The van der Waals surface area contributed by atoms with E-state index >= 15 is 0 Å². The molecule has 0 radical (unpaired) electrons. The molecule has 208 valence electrons. The largest absolute Gasteiger partial charge is 0.497 e. The molecular formula is C32H33NO7. The molecule has 0 aromatic heterocycles. The minimum atomic E-state index is -1.70. The molecule has 1 saturated carbocycles. The molecule has 1 saturated heterocycles. The highest BCUT2D eigenvalue weighted by molar-refractivity contribution is 6.02. The summed E-state index contributed by atoms with van der Waals surface area (Å²) in [6.07, 6.45) is 1.40. The molecular weight excluding hydrogens is 510 g/mol. The lowest BCUT2D eigenvalue weighted by Crippen LogP contribution is -2.54. The number of benzene rings is 3. The topological polar surface area (TPSA) is 102 Å². The predicted octanol–water partition coefficient (Wildman–Crippen LogP) is 5.13. The van der Waals surface area contributed by atoms with Gasteiger partial charge in [0.25, 0.3) is 0 Å². The summed E-state index contributed by atoms with van der Waals surface area (Å²) in [6.45, 7) is 1.57. The number of hydrogen-bond acceptors (Lipinski definition) is 6. The van der Waals surface area contributed by atoms with Crippen LogP contribution in [0.3, 0.4) is 0 Å². The Labute approximate surface area is 233 Å². The Morgan fingerprint density at radius 1 is 0.750 bits per heavy atom. The van der Waals surface area contributed by atoms with E-state index in [-0.39, 0.29) is 17.6 Å². The van der Waals surface area contributed by atoms with E-state index < -0.39 is 29.4 Å². The fourth-order valence-corrected chi connectivity index (χ4v) is 6.00. The van der Waals surface area contributed by atoms with Crippen molar-refractivity contribution in [1.82, 2.24) is 4.90 Å². The maximum Gasteiger partial charge on any atom is 0.330 e. The Kier molecular flexibility index (Phi) is 7.27. The van der Waals surface area contributed by atoms with Gasteiger partial charge in [-0.1, -0.05) is 24.3 Å². The summed E-state index contributed by atoms with van der Waals surface area (Å²) in [5.74, 6) is -1.82. The van der Waals surface area contributed by atoms with Gasteiger partial charge in [-0.15, -0.1) is 0 Å². The average Bonchev–Trinajstić information content (AvgIpc) is 3.80. The van der Waals surface area contributed by atoms with Gasteiger partial charge in [0.1, 0.15) is 22.8 Å². The first-order valence-electron chi connectivity index (χ1n) is 13.3. The summed E-state index contributed by atoms with van der Waals surface area (Å²) in [7, 11) is 4.66. The third-order valence-corrected chi connectivity index (χ3v) is 8.29. The van der Waals surface area contributed by atoms with Crippen molar-refractivity contribution >= 4 is 17.7 Å². The number of carboxylic acid groups (broad SMARTS) is 1. The summed E-state index contributed by atoms with van der Waals surface area (Å²) >= 11 is 0. The summed E-state index contributed by atoms with van der Waals surface area (Å²) in [6, 6.07) is 20.2. The molecule has 3 aromatic rings. The van der Waals surface area contributed by atoms with Crippen LogP contribution in [0.5, 0.6) is 17.2 Å². The highest BCUT2D eigenvalue weighted by Gasteiger charge is 2.65. The maximum atomic E-state index is 14.5. The lowest BCUT2D eigenvalue weighted by Gasteiger charge is -2.38. The van der Waals surface area contributed by atoms with Gasteiger partial charge in [-0.3, -0.25) is 9.59 Å². The van der Waals surface area contributed by atoms with E-state index in [2.05, 4.69) is 0 Å². The monoisotopic (exact) mass is 543 g/mol. The first kappa shape index (κ1) is 27.2. The van der Waals surface area contributed by atoms with Crippen LogP contribution in [-0.2, 0) is 9.59 Å². The van der Waals surface area contributed by atoms with Crippen molar-refractivity contribution in [2.24, 2.45) is 11.8 Å². The molecule has 0 spiro atoms. The van der Waals surface area contributed by atoms with E-state index in [1.807, 2.05) is 12.1 Å². The van der Waals surface area contributed by atoms with E-state index in [1.54, 1.807) is 88.9 Å². The van der Waals surface area contributed by atoms with Gasteiger partial charge in [-0.2, -0.15) is 0 Å². The van der Waals surface area contributed by atoms with Crippen LogP contribution in [0, 0.1) is 11.8 Å². The first-order chi connectivity index (χ1) is 19.2. The second kappa shape index (κ2) is 10.7. The Hall–Kier alpha value is -4.33. The van der Waals surface area contributed by atoms with Crippen molar-refractivity contribution in [3.05, 3.63) is 89.5 Å². The number of amides is 1. The average molecular weight is 544 g/mol. The molecule has 0 bridgehead atoms. The highest BCUT2D eigenvalue weighted by atomic mass is 16.5. The first-order valence-corrected chi connectivity index (χ1v) is 13.3. The number of carbonyl (C=O) groups is 3. The van der Waals surface area contributed by atoms with Crippen molar-refractivity contribution in [1.29, 1.82) is 0 Å². The fraction of sp³-hybridized carbons (Fsp3) is 0.344. The molecule has 2 aliphatic rings. The molecule has 8 nitrogen and oxygen atoms in total. The van der Waals surface area contributed by atoms with Crippen molar-refractivity contribution in [2.45, 2.75) is 37.3 Å². The molecule has 8 heteroatoms. The van der Waals surface area contributed by atoms with Gasteiger partial charge in [0, 0.05) is 17.4 Å². The summed E-state index contributed by atoms with van der Waals surface area (Å²) in [5.41, 5.74) is 0.0228. The minimum Gasteiger partial charge on any atom is -0.497 e. The number of aliphatic carboxylic acids is 1. The van der Waals surface area contributed by atoms with E-state index in [1.165, 1.54) is 4.90 Å². The van der Waals surface area contributed by atoms with Gasteiger partial charge in [0.05, 0.1) is 33.3 Å². The van der Waals surface area contributed by atoms with Gasteiger partial charge in [-0.25, -0.2) is 4.79 Å². The van der Waals surface area contributed by atoms with Crippen LogP contribution in [0.15, 0.2) is 72.8 Å². The van der Waals surface area contributed by atoms with E-state index in [9.17, 15) is 19.5 Å². The summed E-state index contributed by atoms with van der Waals surface area (Å²) < 4.78 is 16.0. The number of ketones is 1. The molecule has 1 aliphatic carbocycles. The van der Waals surface area contributed by atoms with E-state index in [0.717, 1.165) is 0 Å². The zero-order chi connectivity index (χ0) is 28.6. The second-order valence-electron chi connectivity index (χ2n) is 10.5. The SMILES string of the molecule is COc1ccc(C(=O)C2C(c3ccc(OC)cc3)N(C(=O)C3CC3)C(C)(C(=O)O)C2c2ccc(OC)cc2)cc1. The molecule has 5 rings (SSSR count). The van der Waals surface area contributed by atoms with Gasteiger partial charge in [0.2, 0.25) is 5.91 Å². The van der Waals surface area contributed by atoms with E-state index in [4.69, 9.17) is 14.2 Å². The zero-order valence-electron chi connectivity index (χ0n) is 23.0. The van der Waals surface area contributed by atoms with Crippen LogP contribution >= 0.6 is 0 Å². The quantitative estimate of drug-likeness (QED) is 0.373. The standard InChI is InChI=1S/C32H33NO7/c1-32(31(36)37)27(19-7-13-23(38-2)14-8-19)26(29(34)21-11-17-25(40-4)18-12-21)28(33(32)30(35)22-5-6-22)20-9-15-24(39-3)16-10-20/h7-18,22,26-28H,5-6H2,1-4H3,(H,36,37). The molecule has 1 N–H and O–H groups in total. The van der Waals surface area contributed by atoms with Crippen molar-refractivity contribution < 1.29 is 33.7 Å². The molecule has 2 fully saturated rings. The number of methoxy groups -OCH3 is 3. The summed E-state index contributed by atoms with van der Waals surface area (Å²) in [4.78, 5) is 43.3. The Bertz CT molecular complexity index is 1400. The molecule has 1 amide bonds. The molecule has 40 heavy (non-hydrogen) atoms. The molecule has 4 atom stereocenters. The van der Waals surface area contributed by atoms with E-state index in [0.29, 0.717) is 46.8 Å². The van der Waals surface area contributed by atoms with Gasteiger partial charge >= 0.3 is 5.97 Å². The number of carboxylic acids is 1. The number of ether oxygens (including phenoxy) is 3.